The zero-order valence-electron chi connectivity index (χ0n) is 9.18. The van der Waals surface area contributed by atoms with E-state index in [1.807, 2.05) is 10.1 Å². The molecule has 3 amide bonds. The van der Waals surface area contributed by atoms with Gasteiger partial charge in [-0.05, 0) is 18.2 Å². The molecule has 2 rings (SSSR count). The first-order chi connectivity index (χ1) is 8.78. The van der Waals surface area contributed by atoms with Gasteiger partial charge in [-0.25, -0.2) is 18.2 Å². The average molecular weight is 324 g/mol. The van der Waals surface area contributed by atoms with Crippen molar-refractivity contribution < 1.29 is 18.0 Å². The molecule has 10 heteroatoms. The van der Waals surface area contributed by atoms with Crippen LogP contribution >= 0.6 is 23.2 Å². The molecule has 0 unspecified atom stereocenters. The number of sulfonamides is 1. The van der Waals surface area contributed by atoms with E-state index in [0.29, 0.717) is 5.01 Å². The van der Waals surface area contributed by atoms with E-state index in [0.717, 1.165) is 0 Å². The third kappa shape index (κ3) is 3.16. The van der Waals surface area contributed by atoms with Crippen LogP contribution in [0.3, 0.4) is 0 Å². The maximum atomic E-state index is 12.0. The highest BCUT2D eigenvalue weighted by atomic mass is 35.5. The molecule has 1 aliphatic heterocycles. The van der Waals surface area contributed by atoms with Crippen molar-refractivity contribution >= 4 is 45.2 Å². The molecule has 7 nitrogen and oxygen atoms in total. The van der Waals surface area contributed by atoms with E-state index >= 15 is 0 Å². The van der Waals surface area contributed by atoms with Crippen LogP contribution in [0, 0.1) is 0 Å². The van der Waals surface area contributed by atoms with Crippen LogP contribution in [0.15, 0.2) is 23.1 Å². The number of halogens is 2. The molecule has 1 aromatic rings. The molecule has 1 aromatic carbocycles. The first-order valence-electron chi connectivity index (χ1n) is 4.88. The summed E-state index contributed by atoms with van der Waals surface area (Å²) in [6.07, 6.45) is 0. The van der Waals surface area contributed by atoms with Gasteiger partial charge in [-0.15, -0.1) is 4.83 Å². The molecule has 102 valence electrons. The molecule has 0 aliphatic carbocycles. The smallest absolute Gasteiger partial charge is 0.275 e. The van der Waals surface area contributed by atoms with E-state index in [9.17, 15) is 18.0 Å². The van der Waals surface area contributed by atoms with Crippen LogP contribution < -0.4 is 10.1 Å². The SMILES string of the molecule is O=C1CN(NS(=O)(=O)c2cc(Cl)cc(Cl)c2)C(=O)N1. The highest BCUT2D eigenvalue weighted by molar-refractivity contribution is 7.89. The number of imide groups is 1. The Balaban J connectivity index is 2.28. The molecular formula is C9H7Cl2N3O4S. The van der Waals surface area contributed by atoms with E-state index in [2.05, 4.69) is 0 Å². The first-order valence-corrected chi connectivity index (χ1v) is 7.12. The van der Waals surface area contributed by atoms with Gasteiger partial charge in [0, 0.05) is 10.0 Å². The molecule has 0 bridgehead atoms. The number of carbonyl (C=O) groups is 2. The Morgan fingerprint density at radius 3 is 2.21 bits per heavy atom. The summed E-state index contributed by atoms with van der Waals surface area (Å²) in [7, 11) is -4.05. The summed E-state index contributed by atoms with van der Waals surface area (Å²) in [5.74, 6) is -0.600. The lowest BCUT2D eigenvalue weighted by molar-refractivity contribution is -0.118. The number of amides is 3. The van der Waals surface area contributed by atoms with Crippen molar-refractivity contribution in [3.8, 4) is 0 Å². The van der Waals surface area contributed by atoms with Gasteiger partial charge < -0.3 is 0 Å². The Labute approximate surface area is 118 Å². The van der Waals surface area contributed by atoms with E-state index < -0.39 is 28.5 Å². The third-order valence-electron chi connectivity index (χ3n) is 2.17. The molecule has 1 fully saturated rings. The molecule has 0 saturated carbocycles. The molecule has 1 heterocycles. The second-order valence-electron chi connectivity index (χ2n) is 3.64. The lowest BCUT2D eigenvalue weighted by atomic mass is 10.4. The summed E-state index contributed by atoms with van der Waals surface area (Å²) in [4.78, 5) is 23.9. The number of hydrogen-bond acceptors (Lipinski definition) is 4. The number of urea groups is 1. The van der Waals surface area contributed by atoms with Crippen LogP contribution in [-0.4, -0.2) is 31.9 Å². The van der Waals surface area contributed by atoms with Crippen molar-refractivity contribution in [2.24, 2.45) is 0 Å². The van der Waals surface area contributed by atoms with Gasteiger partial charge >= 0.3 is 6.03 Å². The van der Waals surface area contributed by atoms with Gasteiger partial charge in [-0.3, -0.25) is 10.1 Å². The maximum absolute atomic E-state index is 12.0. The molecule has 0 atom stereocenters. The second-order valence-corrected chi connectivity index (χ2v) is 6.17. The number of benzene rings is 1. The molecule has 1 saturated heterocycles. The van der Waals surface area contributed by atoms with Crippen LogP contribution in [0.2, 0.25) is 10.0 Å². The van der Waals surface area contributed by atoms with Crippen molar-refractivity contribution in [3.63, 3.8) is 0 Å². The first kappa shape index (κ1) is 14.1. The van der Waals surface area contributed by atoms with Gasteiger partial charge in [0.05, 0.1) is 4.90 Å². The van der Waals surface area contributed by atoms with E-state index in [1.54, 1.807) is 0 Å². The van der Waals surface area contributed by atoms with Gasteiger partial charge in [-0.1, -0.05) is 23.2 Å². The minimum atomic E-state index is -4.05. The molecule has 0 spiro atoms. The summed E-state index contributed by atoms with van der Waals surface area (Å²) < 4.78 is 24.0. The van der Waals surface area contributed by atoms with E-state index in [4.69, 9.17) is 23.2 Å². The highest BCUT2D eigenvalue weighted by Gasteiger charge is 2.31. The van der Waals surface area contributed by atoms with E-state index in [1.165, 1.54) is 18.2 Å². The van der Waals surface area contributed by atoms with Crippen molar-refractivity contribution in [3.05, 3.63) is 28.2 Å². The normalized spacial score (nSPS) is 15.8. The summed E-state index contributed by atoms with van der Waals surface area (Å²) in [5.41, 5.74) is 0. The molecule has 0 radical (unpaired) electrons. The van der Waals surface area contributed by atoms with Gasteiger partial charge in [0.15, 0.2) is 0 Å². The predicted molar refractivity (Wildman–Crippen MR) is 67.0 cm³/mol. The van der Waals surface area contributed by atoms with Crippen LogP contribution in [0.5, 0.6) is 0 Å². The van der Waals surface area contributed by atoms with Crippen LogP contribution in [0.4, 0.5) is 4.79 Å². The van der Waals surface area contributed by atoms with Gasteiger partial charge in [-0.2, -0.15) is 0 Å². The molecule has 1 aliphatic rings. The monoisotopic (exact) mass is 323 g/mol. The zero-order valence-corrected chi connectivity index (χ0v) is 11.5. The minimum absolute atomic E-state index is 0.134. The number of hydrazine groups is 1. The number of nitrogens with zero attached hydrogens (tertiary/aromatic N) is 1. The lowest BCUT2D eigenvalue weighted by Crippen LogP contribution is -2.44. The zero-order chi connectivity index (χ0) is 14.2. The Kier molecular flexibility index (Phi) is 3.68. The van der Waals surface area contributed by atoms with E-state index in [-0.39, 0.29) is 14.9 Å². The summed E-state index contributed by atoms with van der Waals surface area (Å²) >= 11 is 11.4. The molecule has 19 heavy (non-hydrogen) atoms. The Hall–Kier alpha value is -1.35. The van der Waals surface area contributed by atoms with Crippen LogP contribution in [-0.2, 0) is 14.8 Å². The molecular weight excluding hydrogens is 317 g/mol. The molecule has 2 N–H and O–H groups in total. The topological polar surface area (TPSA) is 95.6 Å². The fourth-order valence-corrected chi connectivity index (χ4v) is 3.16. The standard InChI is InChI=1S/C9H7Cl2N3O4S/c10-5-1-6(11)3-7(2-5)19(17,18)13-14-4-8(15)12-9(14)16/h1-3,13H,4H2,(H,12,15,16). The van der Waals surface area contributed by atoms with Crippen LogP contribution in [0.25, 0.3) is 0 Å². The average Bonchev–Trinajstić information content (AvgIpc) is 2.55. The summed E-state index contributed by atoms with van der Waals surface area (Å²) in [5, 5.41) is 2.85. The fraction of sp³-hybridized carbons (Fsp3) is 0.111. The van der Waals surface area contributed by atoms with Gasteiger partial charge in [0.2, 0.25) is 5.91 Å². The number of carbonyl (C=O) groups excluding carboxylic acids is 2. The Morgan fingerprint density at radius 2 is 1.74 bits per heavy atom. The lowest BCUT2D eigenvalue weighted by Gasteiger charge is -2.15. The predicted octanol–water partition coefficient (Wildman–Crippen LogP) is 0.738. The Morgan fingerprint density at radius 1 is 1.16 bits per heavy atom. The van der Waals surface area contributed by atoms with Gasteiger partial charge in [0.25, 0.3) is 10.0 Å². The van der Waals surface area contributed by atoms with Gasteiger partial charge in [0.1, 0.15) is 6.54 Å². The van der Waals surface area contributed by atoms with Crippen molar-refractivity contribution in [1.82, 2.24) is 15.2 Å². The van der Waals surface area contributed by atoms with Crippen LogP contribution in [0.1, 0.15) is 0 Å². The third-order valence-corrected chi connectivity index (χ3v) is 3.92. The largest absolute Gasteiger partial charge is 0.339 e. The number of nitrogens with one attached hydrogen (secondary N) is 2. The quantitative estimate of drug-likeness (QED) is 0.802. The number of hydrogen-bond donors (Lipinski definition) is 2. The summed E-state index contributed by atoms with van der Waals surface area (Å²) in [6, 6.07) is 2.87. The van der Waals surface area contributed by atoms with Crippen molar-refractivity contribution in [1.29, 1.82) is 0 Å². The van der Waals surface area contributed by atoms with Crippen molar-refractivity contribution in [2.75, 3.05) is 6.54 Å². The fourth-order valence-electron chi connectivity index (χ4n) is 1.40. The minimum Gasteiger partial charge on any atom is -0.275 e. The molecule has 0 aromatic heterocycles. The maximum Gasteiger partial charge on any atom is 0.339 e. The second kappa shape index (κ2) is 4.97. The van der Waals surface area contributed by atoms with Crippen molar-refractivity contribution in [2.45, 2.75) is 4.90 Å². The number of rotatable bonds is 3. The summed E-state index contributed by atoms with van der Waals surface area (Å²) in [6.45, 7) is -0.396. The highest BCUT2D eigenvalue weighted by Crippen LogP contribution is 2.22. The Bertz CT molecular complexity index is 641.